The maximum absolute atomic E-state index is 13.2. The second-order valence-electron chi connectivity index (χ2n) is 7.94. The number of nitrogens with one attached hydrogen (secondary N) is 1. The van der Waals surface area contributed by atoms with E-state index in [9.17, 15) is 4.79 Å². The number of para-hydroxylation sites is 1. The number of benzene rings is 3. The van der Waals surface area contributed by atoms with Crippen LogP contribution in [0.15, 0.2) is 82.9 Å². The van der Waals surface area contributed by atoms with Gasteiger partial charge in [0.2, 0.25) is 0 Å². The minimum Gasteiger partial charge on any atom is -0.378 e. The standard InChI is InChI=1S/C25H22ClN5OS/c1-30(2)18-13-11-16(12-14-18)23-27-21-10-6-4-8-19(21)22-24(32)28-25(29-31(22)23)33-15-17-7-3-5-9-20(17)26/h3-14,23H,15H2,1-2H3,(H,28,29,32)/t23-/m1/s1. The monoisotopic (exact) mass is 475 g/mol. The Morgan fingerprint density at radius 3 is 2.52 bits per heavy atom. The Balaban J connectivity index is 1.55. The topological polar surface area (TPSA) is 60.3 Å². The Bertz CT molecular complexity index is 1370. The molecule has 0 radical (unpaired) electrons. The summed E-state index contributed by atoms with van der Waals surface area (Å²) >= 11 is 7.74. The van der Waals surface area contributed by atoms with Gasteiger partial charge in [-0.2, -0.15) is 0 Å². The smallest absolute Gasteiger partial charge is 0.276 e. The second kappa shape index (κ2) is 8.92. The third-order valence-electron chi connectivity index (χ3n) is 5.55. The molecule has 0 saturated heterocycles. The van der Waals surface area contributed by atoms with Crippen molar-refractivity contribution in [3.63, 3.8) is 0 Å². The SMILES string of the molecule is CN(C)c1ccc([C@@H]2N=c3ccccc3=C3C(=O)NC(SCc4ccccc4Cl)=NN32)cc1. The molecule has 5 rings (SSSR count). The van der Waals surface area contributed by atoms with Crippen molar-refractivity contribution in [1.82, 2.24) is 10.3 Å². The highest BCUT2D eigenvalue weighted by Crippen LogP contribution is 2.32. The lowest BCUT2D eigenvalue weighted by Crippen LogP contribution is -2.50. The number of halogens is 1. The maximum Gasteiger partial charge on any atom is 0.276 e. The minimum absolute atomic E-state index is 0.191. The summed E-state index contributed by atoms with van der Waals surface area (Å²) in [7, 11) is 4.01. The first-order valence-corrected chi connectivity index (χ1v) is 11.9. The van der Waals surface area contributed by atoms with E-state index in [1.807, 2.05) is 91.8 Å². The molecular weight excluding hydrogens is 454 g/mol. The Labute approximate surface area is 201 Å². The summed E-state index contributed by atoms with van der Waals surface area (Å²) in [6.45, 7) is 0. The Kier molecular flexibility index (Phi) is 5.83. The first-order chi connectivity index (χ1) is 16.0. The van der Waals surface area contributed by atoms with Crippen LogP contribution in [0, 0.1) is 0 Å². The van der Waals surface area contributed by atoms with Crippen LogP contribution in [0.2, 0.25) is 5.02 Å². The zero-order valence-electron chi connectivity index (χ0n) is 18.2. The van der Waals surface area contributed by atoms with Crippen molar-refractivity contribution in [2.45, 2.75) is 11.9 Å². The number of rotatable bonds is 4. The first-order valence-electron chi connectivity index (χ1n) is 10.5. The van der Waals surface area contributed by atoms with Crippen LogP contribution in [-0.4, -0.2) is 30.2 Å². The molecule has 3 aromatic carbocycles. The van der Waals surface area contributed by atoms with Crippen LogP contribution in [0.3, 0.4) is 0 Å². The van der Waals surface area contributed by atoms with Crippen molar-refractivity contribution in [2.24, 2.45) is 10.1 Å². The molecule has 8 heteroatoms. The molecule has 3 aromatic rings. The zero-order chi connectivity index (χ0) is 22.9. The van der Waals surface area contributed by atoms with Gasteiger partial charge in [-0.3, -0.25) is 15.1 Å². The van der Waals surface area contributed by atoms with E-state index in [0.717, 1.165) is 27.4 Å². The molecule has 0 unspecified atom stereocenters. The van der Waals surface area contributed by atoms with Gasteiger partial charge < -0.3 is 4.90 Å². The maximum atomic E-state index is 13.2. The molecule has 2 heterocycles. The Morgan fingerprint density at radius 1 is 1.03 bits per heavy atom. The van der Waals surface area contributed by atoms with Gasteiger partial charge in [0, 0.05) is 35.8 Å². The number of hydrogen-bond acceptors (Lipinski definition) is 6. The number of amidine groups is 1. The highest BCUT2D eigenvalue weighted by molar-refractivity contribution is 8.13. The van der Waals surface area contributed by atoms with Crippen molar-refractivity contribution in [1.29, 1.82) is 0 Å². The zero-order valence-corrected chi connectivity index (χ0v) is 19.8. The molecule has 166 valence electrons. The van der Waals surface area contributed by atoms with Crippen LogP contribution in [0.25, 0.3) is 5.70 Å². The quantitative estimate of drug-likeness (QED) is 0.627. The van der Waals surface area contributed by atoms with E-state index in [-0.39, 0.29) is 5.91 Å². The van der Waals surface area contributed by atoms with Crippen molar-refractivity contribution in [3.05, 3.63) is 99.5 Å². The van der Waals surface area contributed by atoms with E-state index in [2.05, 4.69) is 5.32 Å². The molecular formula is C25H22ClN5OS. The summed E-state index contributed by atoms with van der Waals surface area (Å²) in [5.74, 6) is 0.404. The van der Waals surface area contributed by atoms with Crippen LogP contribution in [0.1, 0.15) is 17.3 Å². The third-order valence-corrected chi connectivity index (χ3v) is 6.83. The van der Waals surface area contributed by atoms with Gasteiger partial charge >= 0.3 is 0 Å². The molecule has 1 amide bonds. The lowest BCUT2D eigenvalue weighted by molar-refractivity contribution is -0.116. The lowest BCUT2D eigenvalue weighted by atomic mass is 10.1. The number of hydrogen-bond donors (Lipinski definition) is 1. The average Bonchev–Trinajstić information content (AvgIpc) is 2.83. The predicted octanol–water partition coefficient (Wildman–Crippen LogP) is 3.48. The fourth-order valence-corrected chi connectivity index (χ4v) is 4.95. The molecule has 2 aliphatic heterocycles. The van der Waals surface area contributed by atoms with Gasteiger partial charge in [0.15, 0.2) is 11.3 Å². The fraction of sp³-hybridized carbons (Fsp3) is 0.160. The number of nitrogens with zero attached hydrogens (tertiary/aromatic N) is 4. The van der Waals surface area contributed by atoms with E-state index in [1.54, 1.807) is 5.01 Å². The Morgan fingerprint density at radius 2 is 1.76 bits per heavy atom. The van der Waals surface area contributed by atoms with E-state index < -0.39 is 6.17 Å². The average molecular weight is 476 g/mol. The molecule has 0 saturated carbocycles. The molecule has 6 nitrogen and oxygen atoms in total. The molecule has 2 aliphatic rings. The molecule has 0 bridgehead atoms. The van der Waals surface area contributed by atoms with Crippen molar-refractivity contribution in [3.8, 4) is 0 Å². The van der Waals surface area contributed by atoms with Gasteiger partial charge in [0.25, 0.3) is 5.91 Å². The van der Waals surface area contributed by atoms with Crippen molar-refractivity contribution in [2.75, 3.05) is 19.0 Å². The number of carbonyl (C=O) groups is 1. The van der Waals surface area contributed by atoms with Crippen molar-refractivity contribution < 1.29 is 4.79 Å². The van der Waals surface area contributed by atoms with Crippen LogP contribution >= 0.6 is 23.4 Å². The fourth-order valence-electron chi connectivity index (χ4n) is 3.82. The van der Waals surface area contributed by atoms with E-state index in [0.29, 0.717) is 21.6 Å². The van der Waals surface area contributed by atoms with E-state index in [1.165, 1.54) is 11.8 Å². The first kappa shape index (κ1) is 21.6. The molecule has 0 spiro atoms. The summed E-state index contributed by atoms with van der Waals surface area (Å²) in [5.41, 5.74) is 3.54. The third kappa shape index (κ3) is 4.21. The summed E-state index contributed by atoms with van der Waals surface area (Å²) in [6, 6.07) is 23.5. The molecule has 1 atom stereocenters. The minimum atomic E-state index is -0.437. The van der Waals surface area contributed by atoms with Crippen LogP contribution in [0.4, 0.5) is 5.69 Å². The van der Waals surface area contributed by atoms with Crippen LogP contribution < -0.4 is 20.8 Å². The molecule has 0 fully saturated rings. The number of carbonyl (C=O) groups excluding carboxylic acids is 1. The van der Waals surface area contributed by atoms with Crippen LogP contribution in [-0.2, 0) is 10.5 Å². The second-order valence-corrected chi connectivity index (χ2v) is 9.31. The summed E-state index contributed by atoms with van der Waals surface area (Å²) < 4.78 is 0. The van der Waals surface area contributed by atoms with E-state index in [4.69, 9.17) is 21.7 Å². The predicted molar refractivity (Wildman–Crippen MR) is 134 cm³/mol. The summed E-state index contributed by atoms with van der Waals surface area (Å²) in [6.07, 6.45) is -0.437. The summed E-state index contributed by atoms with van der Waals surface area (Å²) in [5, 5.41) is 12.3. The number of anilines is 1. The number of fused-ring (bicyclic) bond motifs is 2. The highest BCUT2D eigenvalue weighted by Gasteiger charge is 2.34. The van der Waals surface area contributed by atoms with Gasteiger partial charge in [-0.05, 0) is 35.4 Å². The molecule has 1 N–H and O–H groups in total. The number of hydrazone groups is 1. The van der Waals surface area contributed by atoms with Gasteiger partial charge in [-0.15, -0.1) is 5.10 Å². The van der Waals surface area contributed by atoms with Gasteiger partial charge in [0.1, 0.15) is 5.70 Å². The van der Waals surface area contributed by atoms with E-state index >= 15 is 0 Å². The number of amides is 1. The molecule has 0 aliphatic carbocycles. The highest BCUT2D eigenvalue weighted by atomic mass is 35.5. The Hall–Kier alpha value is -3.29. The van der Waals surface area contributed by atoms with Crippen LogP contribution in [0.5, 0.6) is 0 Å². The van der Waals surface area contributed by atoms with Crippen molar-refractivity contribution >= 4 is 45.8 Å². The largest absolute Gasteiger partial charge is 0.378 e. The number of thioether (sulfide) groups is 1. The molecule has 0 aromatic heterocycles. The normalized spacial score (nSPS) is 16.9. The van der Waals surface area contributed by atoms with Gasteiger partial charge in [0.05, 0.1) is 5.36 Å². The van der Waals surface area contributed by atoms with Gasteiger partial charge in [-0.1, -0.05) is 71.9 Å². The van der Waals surface area contributed by atoms with Gasteiger partial charge in [-0.25, -0.2) is 5.01 Å². The molecule has 33 heavy (non-hydrogen) atoms. The lowest BCUT2D eigenvalue weighted by Gasteiger charge is -2.34. The summed E-state index contributed by atoms with van der Waals surface area (Å²) in [4.78, 5) is 20.2.